The van der Waals surface area contributed by atoms with Gasteiger partial charge in [0.25, 0.3) is 10.0 Å². The molecule has 1 fully saturated rings. The van der Waals surface area contributed by atoms with Crippen molar-refractivity contribution in [3.8, 4) is 0 Å². The Morgan fingerprint density at radius 1 is 0.950 bits per heavy atom. The monoisotopic (exact) mass is 601 g/mol. The first kappa shape index (κ1) is 29.9. The summed E-state index contributed by atoms with van der Waals surface area (Å²) in [7, 11) is -4.21. The number of rotatable bonds is 11. The first-order chi connectivity index (χ1) is 19.2. The summed E-state index contributed by atoms with van der Waals surface area (Å²) in [5, 5.41) is 3.46. The van der Waals surface area contributed by atoms with E-state index >= 15 is 0 Å². The zero-order chi connectivity index (χ0) is 28.7. The Kier molecular flexibility index (Phi) is 10.1. The molecule has 0 radical (unpaired) electrons. The first-order valence-electron chi connectivity index (χ1n) is 13.3. The van der Waals surface area contributed by atoms with E-state index < -0.39 is 28.5 Å². The summed E-state index contributed by atoms with van der Waals surface area (Å²) >= 11 is 12.7. The standard InChI is InChI=1S/C30H33Cl2N3O4S/c1-22(30(37)33-25-12-8-9-13-25)34(19-18-23-10-4-2-5-11-23)29(36)21-35(28-20-24(31)16-17-27(28)32)40(38,39)26-14-6-3-7-15-26/h2-7,10-11,14-17,20,22,25H,8-9,12-13,18-19,21H2,1H3,(H,33,37)/t22-/m0/s1. The summed E-state index contributed by atoms with van der Waals surface area (Å²) < 4.78 is 28.7. The lowest BCUT2D eigenvalue weighted by Crippen LogP contribution is -2.53. The normalized spacial score (nSPS) is 14.5. The van der Waals surface area contributed by atoms with Crippen molar-refractivity contribution in [2.24, 2.45) is 0 Å². The van der Waals surface area contributed by atoms with Crippen molar-refractivity contribution in [1.29, 1.82) is 0 Å². The molecule has 4 rings (SSSR count). The number of carbonyl (C=O) groups excluding carboxylic acids is 2. The minimum atomic E-state index is -4.21. The van der Waals surface area contributed by atoms with Gasteiger partial charge in [-0.25, -0.2) is 8.42 Å². The summed E-state index contributed by atoms with van der Waals surface area (Å²) in [6.07, 6.45) is 4.43. The zero-order valence-electron chi connectivity index (χ0n) is 22.3. The van der Waals surface area contributed by atoms with Crippen LogP contribution in [0.25, 0.3) is 0 Å². The maximum atomic E-state index is 14.0. The Hall–Kier alpha value is -3.07. The van der Waals surface area contributed by atoms with E-state index in [1.165, 1.54) is 29.2 Å². The third-order valence-corrected chi connectivity index (χ3v) is 9.47. The fourth-order valence-electron chi connectivity index (χ4n) is 4.87. The Morgan fingerprint density at radius 3 is 2.23 bits per heavy atom. The van der Waals surface area contributed by atoms with Gasteiger partial charge in [-0.3, -0.25) is 13.9 Å². The molecule has 10 heteroatoms. The maximum absolute atomic E-state index is 14.0. The molecule has 0 unspecified atom stereocenters. The van der Waals surface area contributed by atoms with Gasteiger partial charge in [-0.1, -0.05) is 84.6 Å². The van der Waals surface area contributed by atoms with E-state index in [1.54, 1.807) is 31.2 Å². The van der Waals surface area contributed by atoms with Crippen molar-refractivity contribution in [2.45, 2.75) is 56.0 Å². The van der Waals surface area contributed by atoms with Crippen LogP contribution in [0.5, 0.6) is 0 Å². The number of hydrogen-bond acceptors (Lipinski definition) is 4. The number of halogens is 2. The zero-order valence-corrected chi connectivity index (χ0v) is 24.6. The summed E-state index contributed by atoms with van der Waals surface area (Å²) in [5.74, 6) is -0.785. The molecule has 0 aromatic heterocycles. The molecular weight excluding hydrogens is 569 g/mol. The highest BCUT2D eigenvalue weighted by Crippen LogP contribution is 2.33. The molecule has 3 aromatic carbocycles. The number of anilines is 1. The van der Waals surface area contributed by atoms with E-state index in [4.69, 9.17) is 23.2 Å². The van der Waals surface area contributed by atoms with Crippen molar-refractivity contribution in [2.75, 3.05) is 17.4 Å². The number of benzene rings is 3. The van der Waals surface area contributed by atoms with E-state index in [2.05, 4.69) is 5.32 Å². The lowest BCUT2D eigenvalue weighted by Gasteiger charge is -2.32. The fourth-order valence-corrected chi connectivity index (χ4v) is 6.75. The highest BCUT2D eigenvalue weighted by molar-refractivity contribution is 7.92. The lowest BCUT2D eigenvalue weighted by molar-refractivity contribution is -0.139. The van der Waals surface area contributed by atoms with Crippen LogP contribution in [0.2, 0.25) is 10.0 Å². The van der Waals surface area contributed by atoms with E-state index in [9.17, 15) is 18.0 Å². The van der Waals surface area contributed by atoms with Gasteiger partial charge in [-0.15, -0.1) is 0 Å². The quantitative estimate of drug-likeness (QED) is 0.305. The number of amides is 2. The van der Waals surface area contributed by atoms with Crippen molar-refractivity contribution in [3.63, 3.8) is 0 Å². The molecular formula is C30H33Cl2N3O4S. The van der Waals surface area contributed by atoms with Crippen LogP contribution in [0.4, 0.5) is 5.69 Å². The predicted molar refractivity (Wildman–Crippen MR) is 159 cm³/mol. The van der Waals surface area contributed by atoms with Crippen molar-refractivity contribution in [3.05, 3.63) is 94.5 Å². The maximum Gasteiger partial charge on any atom is 0.264 e. The van der Waals surface area contributed by atoms with Gasteiger partial charge in [0.2, 0.25) is 11.8 Å². The van der Waals surface area contributed by atoms with Crippen LogP contribution in [0.1, 0.15) is 38.2 Å². The molecule has 40 heavy (non-hydrogen) atoms. The van der Waals surface area contributed by atoms with E-state index in [-0.39, 0.29) is 39.1 Å². The van der Waals surface area contributed by atoms with Crippen LogP contribution in [-0.2, 0) is 26.0 Å². The molecule has 1 saturated carbocycles. The fraction of sp³-hybridized carbons (Fsp3) is 0.333. The molecule has 1 aliphatic carbocycles. The summed E-state index contributed by atoms with van der Waals surface area (Å²) in [5.41, 5.74) is 1.08. The SMILES string of the molecule is C[C@@H](C(=O)NC1CCCC1)N(CCc1ccccc1)C(=O)CN(c1cc(Cl)ccc1Cl)S(=O)(=O)c1ccccc1. The second-order valence-corrected chi connectivity index (χ2v) is 12.6. The number of sulfonamides is 1. The van der Waals surface area contributed by atoms with Gasteiger partial charge >= 0.3 is 0 Å². The van der Waals surface area contributed by atoms with Gasteiger partial charge in [-0.2, -0.15) is 0 Å². The molecule has 1 aliphatic rings. The lowest BCUT2D eigenvalue weighted by atomic mass is 10.1. The summed E-state index contributed by atoms with van der Waals surface area (Å²) in [6, 6.07) is 21.2. The van der Waals surface area contributed by atoms with E-state index in [0.29, 0.717) is 6.42 Å². The Bertz CT molecular complexity index is 1420. The summed E-state index contributed by atoms with van der Waals surface area (Å²) in [6.45, 7) is 1.34. The van der Waals surface area contributed by atoms with Gasteiger partial charge in [0.1, 0.15) is 12.6 Å². The van der Waals surface area contributed by atoms with Crippen LogP contribution in [0.15, 0.2) is 83.8 Å². The number of nitrogens with one attached hydrogen (secondary N) is 1. The minimum Gasteiger partial charge on any atom is -0.352 e. The van der Waals surface area contributed by atoms with Crippen molar-refractivity contribution in [1.82, 2.24) is 10.2 Å². The molecule has 3 aromatic rings. The molecule has 1 N–H and O–H groups in total. The number of hydrogen-bond donors (Lipinski definition) is 1. The second kappa shape index (κ2) is 13.5. The van der Waals surface area contributed by atoms with Gasteiger partial charge < -0.3 is 10.2 Å². The van der Waals surface area contributed by atoms with Crippen LogP contribution in [0, 0.1) is 0 Å². The predicted octanol–water partition coefficient (Wildman–Crippen LogP) is 5.71. The second-order valence-electron chi connectivity index (χ2n) is 9.91. The molecule has 0 aliphatic heterocycles. The van der Waals surface area contributed by atoms with E-state index in [0.717, 1.165) is 35.6 Å². The number of nitrogens with zero attached hydrogens (tertiary/aromatic N) is 2. The molecule has 7 nitrogen and oxygen atoms in total. The molecule has 2 amide bonds. The van der Waals surface area contributed by atoms with Gasteiger partial charge in [0, 0.05) is 17.6 Å². The third kappa shape index (κ3) is 7.36. The van der Waals surface area contributed by atoms with E-state index in [1.807, 2.05) is 30.3 Å². The van der Waals surface area contributed by atoms with Gasteiger partial charge in [0.05, 0.1) is 15.6 Å². The van der Waals surface area contributed by atoms with Crippen LogP contribution in [0.3, 0.4) is 0 Å². The van der Waals surface area contributed by atoms with Gasteiger partial charge in [0.15, 0.2) is 0 Å². The minimum absolute atomic E-state index is 0.00158. The molecule has 0 bridgehead atoms. The average molecular weight is 603 g/mol. The number of carbonyl (C=O) groups is 2. The smallest absolute Gasteiger partial charge is 0.264 e. The van der Waals surface area contributed by atoms with Gasteiger partial charge in [-0.05, 0) is 62.1 Å². The molecule has 0 heterocycles. The Balaban J connectivity index is 1.66. The van der Waals surface area contributed by atoms with Crippen LogP contribution < -0.4 is 9.62 Å². The molecule has 212 valence electrons. The van der Waals surface area contributed by atoms with Crippen molar-refractivity contribution < 1.29 is 18.0 Å². The highest BCUT2D eigenvalue weighted by atomic mass is 35.5. The van der Waals surface area contributed by atoms with Crippen LogP contribution >= 0.6 is 23.2 Å². The van der Waals surface area contributed by atoms with Crippen molar-refractivity contribution >= 4 is 50.7 Å². The largest absolute Gasteiger partial charge is 0.352 e. The first-order valence-corrected chi connectivity index (χ1v) is 15.5. The molecule has 1 atom stereocenters. The highest BCUT2D eigenvalue weighted by Gasteiger charge is 2.34. The third-order valence-electron chi connectivity index (χ3n) is 7.14. The average Bonchev–Trinajstić information content (AvgIpc) is 3.47. The Labute approximate surface area is 246 Å². The Morgan fingerprint density at radius 2 is 1.57 bits per heavy atom. The molecule has 0 saturated heterocycles. The topological polar surface area (TPSA) is 86.8 Å². The molecule has 0 spiro atoms. The van der Waals surface area contributed by atoms with Crippen LogP contribution in [-0.4, -0.2) is 50.3 Å². The summed E-state index contributed by atoms with van der Waals surface area (Å²) in [4.78, 5) is 28.7.